The van der Waals surface area contributed by atoms with Crippen LogP contribution < -0.4 is 20.1 Å². The van der Waals surface area contributed by atoms with Gasteiger partial charge < -0.3 is 24.8 Å². The van der Waals surface area contributed by atoms with Gasteiger partial charge in [0.05, 0.1) is 33.4 Å². The van der Waals surface area contributed by atoms with E-state index in [0.717, 1.165) is 47.4 Å². The van der Waals surface area contributed by atoms with Gasteiger partial charge >= 0.3 is 5.97 Å². The molecule has 8 heteroatoms. The van der Waals surface area contributed by atoms with Gasteiger partial charge in [0.1, 0.15) is 5.00 Å². The minimum absolute atomic E-state index is 0.0551. The van der Waals surface area contributed by atoms with Crippen LogP contribution in [0.2, 0.25) is 0 Å². The molecular formula is C21H26N2O5S. The Labute approximate surface area is 174 Å². The topological polar surface area (TPSA) is 85.9 Å². The highest BCUT2D eigenvalue weighted by Crippen LogP contribution is 2.38. The van der Waals surface area contributed by atoms with Gasteiger partial charge in [0, 0.05) is 16.6 Å². The third kappa shape index (κ3) is 4.48. The second-order valence-corrected chi connectivity index (χ2v) is 7.94. The number of amides is 1. The number of rotatable bonds is 7. The number of hydrogen-bond acceptors (Lipinski definition) is 7. The highest BCUT2D eigenvalue weighted by molar-refractivity contribution is 7.17. The Balaban J connectivity index is 1.74. The van der Waals surface area contributed by atoms with Crippen molar-refractivity contribution in [1.82, 2.24) is 0 Å². The molecule has 1 aromatic carbocycles. The van der Waals surface area contributed by atoms with Crippen molar-refractivity contribution in [3.8, 4) is 11.5 Å². The van der Waals surface area contributed by atoms with Crippen LogP contribution in [0.3, 0.4) is 0 Å². The lowest BCUT2D eigenvalue weighted by Gasteiger charge is -2.14. The maximum atomic E-state index is 12.6. The second-order valence-electron chi connectivity index (χ2n) is 6.83. The first-order valence-electron chi connectivity index (χ1n) is 9.47. The number of aryl methyl sites for hydroxylation is 2. The normalized spacial score (nSPS) is 12.7. The Hall–Kier alpha value is -2.74. The lowest BCUT2D eigenvalue weighted by atomic mass is 9.95. The number of methoxy groups -OCH3 is 3. The third-order valence-corrected chi connectivity index (χ3v) is 6.19. The van der Waals surface area contributed by atoms with Crippen molar-refractivity contribution in [3.05, 3.63) is 33.7 Å². The molecule has 0 spiro atoms. The van der Waals surface area contributed by atoms with E-state index in [0.29, 0.717) is 22.1 Å². The summed E-state index contributed by atoms with van der Waals surface area (Å²) in [5.74, 6) is 0.582. The summed E-state index contributed by atoms with van der Waals surface area (Å²) in [7, 11) is 4.51. The molecule has 0 radical (unpaired) electrons. The van der Waals surface area contributed by atoms with Crippen molar-refractivity contribution < 1.29 is 23.8 Å². The van der Waals surface area contributed by atoms with Crippen molar-refractivity contribution in [2.45, 2.75) is 32.6 Å². The molecule has 1 aromatic heterocycles. The molecule has 0 atom stereocenters. The first kappa shape index (κ1) is 21.0. The summed E-state index contributed by atoms with van der Waals surface area (Å²) < 4.78 is 15.6. The molecule has 156 valence electrons. The number of thiophene rings is 1. The fraction of sp³-hybridized carbons (Fsp3) is 0.429. The predicted octanol–water partition coefficient (Wildman–Crippen LogP) is 3.79. The minimum Gasteiger partial charge on any atom is -0.493 e. The summed E-state index contributed by atoms with van der Waals surface area (Å²) in [6, 6.07) is 3.65. The number of nitrogens with one attached hydrogen (secondary N) is 2. The number of carbonyl (C=O) groups excluding carboxylic acids is 2. The van der Waals surface area contributed by atoms with Gasteiger partial charge in [-0.3, -0.25) is 4.79 Å². The largest absolute Gasteiger partial charge is 0.493 e. The zero-order valence-electron chi connectivity index (χ0n) is 17.1. The molecule has 0 bridgehead atoms. The van der Waals surface area contributed by atoms with E-state index in [1.807, 2.05) is 13.0 Å². The molecule has 7 nitrogen and oxygen atoms in total. The fourth-order valence-corrected chi connectivity index (χ4v) is 4.78. The summed E-state index contributed by atoms with van der Waals surface area (Å²) in [4.78, 5) is 26.0. The molecule has 29 heavy (non-hydrogen) atoms. The van der Waals surface area contributed by atoms with Crippen LogP contribution in [0.1, 0.15) is 39.2 Å². The lowest BCUT2D eigenvalue weighted by Crippen LogP contribution is -2.23. The smallest absolute Gasteiger partial charge is 0.341 e. The number of fused-ring (bicyclic) bond motifs is 1. The number of esters is 1. The van der Waals surface area contributed by atoms with Gasteiger partial charge in [0.25, 0.3) is 0 Å². The zero-order valence-corrected chi connectivity index (χ0v) is 18.0. The molecule has 2 N–H and O–H groups in total. The average Bonchev–Trinajstić information content (AvgIpc) is 3.09. The van der Waals surface area contributed by atoms with Crippen LogP contribution in [0.5, 0.6) is 11.5 Å². The SMILES string of the molecule is COC(=O)c1c(NC(=O)CNc2cc(OC)c(OC)cc2C)sc2c1CCCC2. The molecule has 1 aliphatic rings. The number of carbonyl (C=O) groups is 2. The van der Waals surface area contributed by atoms with E-state index in [4.69, 9.17) is 14.2 Å². The third-order valence-electron chi connectivity index (χ3n) is 4.98. The van der Waals surface area contributed by atoms with E-state index < -0.39 is 5.97 Å². The highest BCUT2D eigenvalue weighted by Gasteiger charge is 2.26. The Morgan fingerprint density at radius 1 is 1.07 bits per heavy atom. The molecule has 1 aliphatic carbocycles. The molecule has 0 aliphatic heterocycles. The fourth-order valence-electron chi connectivity index (χ4n) is 3.49. The maximum Gasteiger partial charge on any atom is 0.341 e. The van der Waals surface area contributed by atoms with Gasteiger partial charge in [0.2, 0.25) is 5.91 Å². The van der Waals surface area contributed by atoms with E-state index in [1.54, 1.807) is 20.3 Å². The van der Waals surface area contributed by atoms with Crippen LogP contribution in [-0.2, 0) is 22.4 Å². The monoisotopic (exact) mass is 418 g/mol. The van der Waals surface area contributed by atoms with Crippen LogP contribution in [-0.4, -0.2) is 39.8 Å². The summed E-state index contributed by atoms with van der Waals surface area (Å²) >= 11 is 1.47. The predicted molar refractivity (Wildman–Crippen MR) is 114 cm³/mol. The number of benzene rings is 1. The number of ether oxygens (including phenoxy) is 3. The van der Waals surface area contributed by atoms with E-state index in [9.17, 15) is 9.59 Å². The number of anilines is 2. The summed E-state index contributed by atoms with van der Waals surface area (Å²) in [5.41, 5.74) is 3.23. The van der Waals surface area contributed by atoms with Crippen LogP contribution in [0.15, 0.2) is 12.1 Å². The van der Waals surface area contributed by atoms with E-state index >= 15 is 0 Å². The Morgan fingerprint density at radius 3 is 2.45 bits per heavy atom. The highest BCUT2D eigenvalue weighted by atomic mass is 32.1. The van der Waals surface area contributed by atoms with Crippen LogP contribution in [0.25, 0.3) is 0 Å². The van der Waals surface area contributed by atoms with Crippen molar-refractivity contribution in [2.24, 2.45) is 0 Å². The number of hydrogen-bond donors (Lipinski definition) is 2. The maximum absolute atomic E-state index is 12.6. The molecular weight excluding hydrogens is 392 g/mol. The van der Waals surface area contributed by atoms with E-state index in [2.05, 4.69) is 10.6 Å². The molecule has 1 amide bonds. The molecule has 0 unspecified atom stereocenters. The molecule has 3 rings (SSSR count). The molecule has 0 saturated heterocycles. The van der Waals surface area contributed by atoms with Gasteiger partial charge in [-0.2, -0.15) is 0 Å². The molecule has 0 saturated carbocycles. The average molecular weight is 419 g/mol. The molecule has 0 fully saturated rings. The van der Waals surface area contributed by atoms with E-state index in [-0.39, 0.29) is 12.5 Å². The first-order chi connectivity index (χ1) is 14.0. The zero-order chi connectivity index (χ0) is 21.0. The second kappa shape index (κ2) is 9.17. The van der Waals surface area contributed by atoms with Crippen LogP contribution >= 0.6 is 11.3 Å². The van der Waals surface area contributed by atoms with Crippen molar-refractivity contribution >= 4 is 33.9 Å². The standard InChI is InChI=1S/C21H26N2O5S/c1-12-9-15(26-2)16(27-3)10-14(12)22-11-18(24)23-20-19(21(25)28-4)13-7-5-6-8-17(13)29-20/h9-10,22H,5-8,11H2,1-4H3,(H,23,24). The van der Waals surface area contributed by atoms with Crippen LogP contribution in [0, 0.1) is 6.92 Å². The molecule has 2 aromatic rings. The van der Waals surface area contributed by atoms with Crippen LogP contribution in [0.4, 0.5) is 10.7 Å². The Kier molecular flexibility index (Phi) is 6.64. The summed E-state index contributed by atoms with van der Waals surface area (Å²) in [6.07, 6.45) is 3.92. The quantitative estimate of drug-likeness (QED) is 0.666. The summed E-state index contributed by atoms with van der Waals surface area (Å²) in [5, 5.41) is 6.58. The van der Waals surface area contributed by atoms with Crippen molar-refractivity contribution in [3.63, 3.8) is 0 Å². The molecule has 1 heterocycles. The first-order valence-corrected chi connectivity index (χ1v) is 10.3. The van der Waals surface area contributed by atoms with Gasteiger partial charge in [0.15, 0.2) is 11.5 Å². The Morgan fingerprint density at radius 2 is 1.76 bits per heavy atom. The van der Waals surface area contributed by atoms with Gasteiger partial charge in [-0.15, -0.1) is 11.3 Å². The van der Waals surface area contributed by atoms with Crippen molar-refractivity contribution in [1.29, 1.82) is 0 Å². The summed E-state index contributed by atoms with van der Waals surface area (Å²) in [6.45, 7) is 1.98. The van der Waals surface area contributed by atoms with Crippen molar-refractivity contribution in [2.75, 3.05) is 38.5 Å². The Bertz CT molecular complexity index is 922. The minimum atomic E-state index is -0.400. The van der Waals surface area contributed by atoms with Gasteiger partial charge in [-0.05, 0) is 49.8 Å². The van der Waals surface area contributed by atoms with E-state index in [1.165, 1.54) is 18.4 Å². The van der Waals surface area contributed by atoms with Gasteiger partial charge in [-0.25, -0.2) is 4.79 Å². The lowest BCUT2D eigenvalue weighted by molar-refractivity contribution is -0.114. The van der Waals surface area contributed by atoms with Gasteiger partial charge in [-0.1, -0.05) is 0 Å².